The molecule has 1 N–H and O–H groups in total. The molecule has 0 saturated heterocycles. The minimum atomic E-state index is -3.89. The Bertz CT molecular complexity index is 1260. The van der Waals surface area contributed by atoms with E-state index in [0.717, 1.165) is 19.9 Å². The zero-order valence-electron chi connectivity index (χ0n) is 16.3. The van der Waals surface area contributed by atoms with Crippen LogP contribution >= 0.6 is 15.9 Å². The molecule has 0 saturated carbocycles. The third kappa shape index (κ3) is 3.57. The van der Waals surface area contributed by atoms with Crippen LogP contribution in [-0.2, 0) is 14.8 Å². The highest BCUT2D eigenvalue weighted by atomic mass is 79.9. The zero-order chi connectivity index (χ0) is 21.5. The van der Waals surface area contributed by atoms with Crippen LogP contribution in [0.4, 0.5) is 11.4 Å². The molecule has 0 bridgehead atoms. The van der Waals surface area contributed by atoms with Gasteiger partial charge < -0.3 is 10.1 Å². The largest absolute Gasteiger partial charge is 0.495 e. The summed E-state index contributed by atoms with van der Waals surface area (Å²) in [6.07, 6.45) is 0. The van der Waals surface area contributed by atoms with E-state index in [0.29, 0.717) is 22.7 Å². The van der Waals surface area contributed by atoms with E-state index in [2.05, 4.69) is 21.2 Å². The number of anilines is 2. The van der Waals surface area contributed by atoms with Gasteiger partial charge in [0.15, 0.2) is 0 Å². The van der Waals surface area contributed by atoms with Gasteiger partial charge in [0.25, 0.3) is 10.0 Å². The van der Waals surface area contributed by atoms with Crippen LogP contribution in [0, 0.1) is 6.92 Å². The molecule has 1 heterocycles. The van der Waals surface area contributed by atoms with Gasteiger partial charge in [-0.25, -0.2) is 8.42 Å². The minimum Gasteiger partial charge on any atom is -0.495 e. The molecule has 30 heavy (non-hydrogen) atoms. The smallest absolute Gasteiger partial charge is 0.265 e. The SMILES string of the molecule is COc1ccc(C)cc1NC(=O)CN1c2ccc(Br)cc2-c2ccccc2S1(=O)=O. The van der Waals surface area contributed by atoms with Crippen molar-refractivity contribution >= 4 is 43.2 Å². The van der Waals surface area contributed by atoms with E-state index in [4.69, 9.17) is 4.74 Å². The number of carbonyl (C=O) groups is 1. The summed E-state index contributed by atoms with van der Waals surface area (Å²) in [7, 11) is -2.38. The lowest BCUT2D eigenvalue weighted by atomic mass is 10.0. The molecule has 0 aliphatic carbocycles. The number of nitrogens with one attached hydrogen (secondary N) is 1. The van der Waals surface area contributed by atoms with E-state index < -0.39 is 15.9 Å². The van der Waals surface area contributed by atoms with E-state index in [-0.39, 0.29) is 11.4 Å². The molecule has 1 aliphatic heterocycles. The highest BCUT2D eigenvalue weighted by Crippen LogP contribution is 2.43. The Morgan fingerprint density at radius 2 is 1.83 bits per heavy atom. The molecule has 0 unspecified atom stereocenters. The van der Waals surface area contributed by atoms with Gasteiger partial charge in [0, 0.05) is 15.6 Å². The Kier molecular flexibility index (Phi) is 5.29. The van der Waals surface area contributed by atoms with Gasteiger partial charge in [-0.3, -0.25) is 9.10 Å². The lowest BCUT2D eigenvalue weighted by Gasteiger charge is -2.31. The molecule has 0 spiro atoms. The molecule has 0 aromatic heterocycles. The number of benzene rings is 3. The van der Waals surface area contributed by atoms with Crippen molar-refractivity contribution in [3.05, 3.63) is 70.7 Å². The molecule has 6 nitrogen and oxygen atoms in total. The predicted molar refractivity (Wildman–Crippen MR) is 120 cm³/mol. The van der Waals surface area contributed by atoms with Crippen molar-refractivity contribution in [1.82, 2.24) is 0 Å². The molecular weight excluding hydrogens is 468 g/mol. The van der Waals surface area contributed by atoms with E-state index in [9.17, 15) is 13.2 Å². The van der Waals surface area contributed by atoms with E-state index in [1.165, 1.54) is 7.11 Å². The molecular formula is C22H19BrN2O4S. The second-order valence-electron chi connectivity index (χ2n) is 6.92. The van der Waals surface area contributed by atoms with Crippen molar-refractivity contribution in [2.45, 2.75) is 11.8 Å². The van der Waals surface area contributed by atoms with Gasteiger partial charge in [0.2, 0.25) is 5.91 Å². The summed E-state index contributed by atoms with van der Waals surface area (Å²) in [5, 5.41) is 2.77. The average molecular weight is 487 g/mol. The monoisotopic (exact) mass is 486 g/mol. The van der Waals surface area contributed by atoms with Gasteiger partial charge in [0.1, 0.15) is 12.3 Å². The van der Waals surface area contributed by atoms with Crippen LogP contribution in [0.25, 0.3) is 11.1 Å². The van der Waals surface area contributed by atoms with Gasteiger partial charge in [0.05, 0.1) is 23.4 Å². The number of halogens is 1. The number of hydrogen-bond acceptors (Lipinski definition) is 4. The van der Waals surface area contributed by atoms with Crippen LogP contribution in [0.3, 0.4) is 0 Å². The first kappa shape index (κ1) is 20.4. The maximum Gasteiger partial charge on any atom is 0.265 e. The number of methoxy groups -OCH3 is 1. The highest BCUT2D eigenvalue weighted by Gasteiger charge is 2.36. The van der Waals surface area contributed by atoms with Gasteiger partial charge in [-0.15, -0.1) is 0 Å². The van der Waals surface area contributed by atoms with Crippen molar-refractivity contribution in [2.24, 2.45) is 0 Å². The summed E-state index contributed by atoms with van der Waals surface area (Å²) >= 11 is 3.45. The summed E-state index contributed by atoms with van der Waals surface area (Å²) < 4.78 is 33.9. The van der Waals surface area contributed by atoms with Gasteiger partial charge in [-0.2, -0.15) is 0 Å². The van der Waals surface area contributed by atoms with Crippen LogP contribution in [0.1, 0.15) is 5.56 Å². The summed E-state index contributed by atoms with van der Waals surface area (Å²) in [6.45, 7) is 1.54. The standard InChI is InChI=1S/C22H19BrN2O4S/c1-14-7-10-20(29-2)18(11-14)24-22(26)13-25-19-9-8-15(23)12-17(19)16-5-3-4-6-21(16)30(25,27)28/h3-12H,13H2,1-2H3,(H,24,26). The number of fused-ring (bicyclic) bond motifs is 3. The van der Waals surface area contributed by atoms with Crippen molar-refractivity contribution in [3.8, 4) is 16.9 Å². The van der Waals surface area contributed by atoms with Crippen LogP contribution in [0.5, 0.6) is 5.75 Å². The normalized spacial score (nSPS) is 13.9. The summed E-state index contributed by atoms with van der Waals surface area (Å²) in [5.74, 6) is 0.0425. The Labute approximate surface area is 183 Å². The second-order valence-corrected chi connectivity index (χ2v) is 9.67. The van der Waals surface area contributed by atoms with Gasteiger partial charge in [-0.1, -0.05) is 40.2 Å². The lowest BCUT2D eigenvalue weighted by molar-refractivity contribution is -0.114. The molecule has 0 atom stereocenters. The molecule has 3 aromatic carbocycles. The molecule has 8 heteroatoms. The highest BCUT2D eigenvalue weighted by molar-refractivity contribution is 9.10. The molecule has 4 rings (SSSR count). The van der Waals surface area contributed by atoms with Crippen molar-refractivity contribution in [2.75, 3.05) is 23.3 Å². The number of nitrogens with zero attached hydrogens (tertiary/aromatic N) is 1. The fourth-order valence-corrected chi connectivity index (χ4v) is 5.52. The zero-order valence-corrected chi connectivity index (χ0v) is 18.7. The molecule has 0 fully saturated rings. The third-order valence-electron chi connectivity index (χ3n) is 4.89. The van der Waals surface area contributed by atoms with E-state index >= 15 is 0 Å². The van der Waals surface area contributed by atoms with Crippen molar-refractivity contribution in [1.29, 1.82) is 0 Å². The van der Waals surface area contributed by atoms with Crippen LogP contribution in [-0.4, -0.2) is 28.0 Å². The van der Waals surface area contributed by atoms with E-state index in [1.807, 2.05) is 19.1 Å². The fraction of sp³-hybridized carbons (Fsp3) is 0.136. The van der Waals surface area contributed by atoms with Gasteiger partial charge >= 0.3 is 0 Å². The topological polar surface area (TPSA) is 75.7 Å². The summed E-state index contributed by atoms with van der Waals surface area (Å²) in [6, 6.07) is 17.5. The Hall–Kier alpha value is -2.84. The molecule has 0 radical (unpaired) electrons. The summed E-state index contributed by atoms with van der Waals surface area (Å²) in [5.41, 5.74) is 3.26. The Morgan fingerprint density at radius 1 is 1.07 bits per heavy atom. The maximum absolute atomic E-state index is 13.3. The van der Waals surface area contributed by atoms with Crippen LogP contribution in [0.15, 0.2) is 70.0 Å². The molecule has 3 aromatic rings. The molecule has 154 valence electrons. The fourth-order valence-electron chi connectivity index (χ4n) is 3.51. The Balaban J connectivity index is 1.73. The van der Waals surface area contributed by atoms with Crippen LogP contribution < -0.4 is 14.4 Å². The maximum atomic E-state index is 13.3. The second kappa shape index (κ2) is 7.77. The Morgan fingerprint density at radius 3 is 2.60 bits per heavy atom. The predicted octanol–water partition coefficient (Wildman–Crippen LogP) is 4.58. The first-order valence-corrected chi connectivity index (χ1v) is 11.4. The number of hydrogen-bond donors (Lipinski definition) is 1. The molecule has 1 amide bonds. The average Bonchev–Trinajstić information content (AvgIpc) is 2.71. The number of rotatable bonds is 4. The van der Waals surface area contributed by atoms with E-state index in [1.54, 1.807) is 48.5 Å². The number of carbonyl (C=O) groups excluding carboxylic acids is 1. The quantitative estimate of drug-likeness (QED) is 0.585. The first-order chi connectivity index (χ1) is 14.3. The summed E-state index contributed by atoms with van der Waals surface area (Å²) in [4.78, 5) is 13.0. The van der Waals surface area contributed by atoms with Crippen molar-refractivity contribution < 1.29 is 17.9 Å². The number of amides is 1. The van der Waals surface area contributed by atoms with Crippen molar-refractivity contribution in [3.63, 3.8) is 0 Å². The first-order valence-electron chi connectivity index (χ1n) is 9.17. The number of ether oxygens (including phenoxy) is 1. The number of aryl methyl sites for hydroxylation is 1. The minimum absolute atomic E-state index is 0.177. The lowest BCUT2D eigenvalue weighted by Crippen LogP contribution is -2.40. The molecule has 1 aliphatic rings. The third-order valence-corrected chi connectivity index (χ3v) is 7.20. The number of sulfonamides is 1. The van der Waals surface area contributed by atoms with Crippen LogP contribution in [0.2, 0.25) is 0 Å². The van der Waals surface area contributed by atoms with Gasteiger partial charge in [-0.05, 0) is 48.9 Å².